The SMILES string of the molecule is C#CCCC(=O)c1csnn1. The number of hydrogen-bond donors (Lipinski definition) is 0. The maximum absolute atomic E-state index is 11.1. The van der Waals surface area contributed by atoms with Crippen molar-refractivity contribution in [2.45, 2.75) is 12.8 Å². The molecule has 0 saturated heterocycles. The lowest BCUT2D eigenvalue weighted by atomic mass is 10.2. The molecule has 0 aliphatic carbocycles. The van der Waals surface area contributed by atoms with Gasteiger partial charge in [0.2, 0.25) is 0 Å². The van der Waals surface area contributed by atoms with E-state index in [2.05, 4.69) is 15.5 Å². The molecule has 1 aromatic heterocycles. The van der Waals surface area contributed by atoms with Crippen molar-refractivity contribution in [3.8, 4) is 12.3 Å². The zero-order valence-corrected chi connectivity index (χ0v) is 6.60. The van der Waals surface area contributed by atoms with Crippen LogP contribution in [0.15, 0.2) is 5.38 Å². The monoisotopic (exact) mass is 166 g/mol. The third-order valence-corrected chi connectivity index (χ3v) is 1.65. The second-order valence-corrected chi connectivity index (χ2v) is 2.53. The Hall–Kier alpha value is -1.21. The second-order valence-electron chi connectivity index (χ2n) is 1.92. The number of rotatable bonds is 3. The molecule has 0 radical (unpaired) electrons. The van der Waals surface area contributed by atoms with E-state index >= 15 is 0 Å². The van der Waals surface area contributed by atoms with E-state index in [1.54, 1.807) is 5.38 Å². The Bertz CT molecular complexity index is 273. The first kappa shape index (κ1) is 7.89. The summed E-state index contributed by atoms with van der Waals surface area (Å²) in [6.07, 6.45) is 5.83. The minimum absolute atomic E-state index is 0.0308. The fourth-order valence-corrected chi connectivity index (χ4v) is 1.06. The predicted octanol–water partition coefficient (Wildman–Crippen LogP) is 1.13. The fourth-order valence-electron chi connectivity index (χ4n) is 0.600. The van der Waals surface area contributed by atoms with Crippen molar-refractivity contribution in [2.24, 2.45) is 0 Å². The lowest BCUT2D eigenvalue weighted by Crippen LogP contribution is -1.98. The van der Waals surface area contributed by atoms with E-state index in [0.717, 1.165) is 0 Å². The first-order valence-electron chi connectivity index (χ1n) is 3.08. The van der Waals surface area contributed by atoms with Crippen LogP contribution in [0.2, 0.25) is 0 Å². The molecule has 0 N–H and O–H groups in total. The summed E-state index contributed by atoms with van der Waals surface area (Å²) in [6.45, 7) is 0. The zero-order chi connectivity index (χ0) is 8.10. The molecule has 1 aromatic rings. The van der Waals surface area contributed by atoms with Crippen molar-refractivity contribution in [1.82, 2.24) is 9.59 Å². The molecule has 0 aliphatic rings. The number of aromatic nitrogens is 2. The van der Waals surface area contributed by atoms with Crippen LogP contribution in [0.3, 0.4) is 0 Å². The van der Waals surface area contributed by atoms with Gasteiger partial charge in [-0.2, -0.15) is 0 Å². The summed E-state index contributed by atoms with van der Waals surface area (Å²) in [5.41, 5.74) is 0.422. The van der Waals surface area contributed by atoms with E-state index in [0.29, 0.717) is 18.5 Å². The van der Waals surface area contributed by atoms with Crippen LogP contribution in [0.5, 0.6) is 0 Å². The lowest BCUT2D eigenvalue weighted by molar-refractivity contribution is 0.0979. The van der Waals surface area contributed by atoms with Gasteiger partial charge in [0.25, 0.3) is 0 Å². The number of hydrogen-bond acceptors (Lipinski definition) is 4. The molecular formula is C7H6N2OS. The number of terminal acetylenes is 1. The molecule has 0 fully saturated rings. The summed E-state index contributed by atoms with van der Waals surface area (Å²) in [7, 11) is 0. The standard InChI is InChI=1S/C7H6N2OS/c1-2-3-4-7(10)6-5-11-9-8-6/h1,5H,3-4H2. The van der Waals surface area contributed by atoms with E-state index in [-0.39, 0.29) is 5.78 Å². The van der Waals surface area contributed by atoms with Crippen molar-refractivity contribution in [2.75, 3.05) is 0 Å². The highest BCUT2D eigenvalue weighted by Gasteiger charge is 2.06. The Morgan fingerprint density at radius 3 is 3.18 bits per heavy atom. The molecule has 0 bridgehead atoms. The molecule has 1 heterocycles. The topological polar surface area (TPSA) is 42.9 Å². The Kier molecular flexibility index (Phi) is 2.75. The van der Waals surface area contributed by atoms with Crippen LogP contribution in [0.1, 0.15) is 23.3 Å². The van der Waals surface area contributed by atoms with Crippen molar-refractivity contribution >= 4 is 17.3 Å². The van der Waals surface area contributed by atoms with Crippen LogP contribution in [0.25, 0.3) is 0 Å². The molecule has 56 valence electrons. The normalized spacial score (nSPS) is 9.00. The van der Waals surface area contributed by atoms with Crippen molar-refractivity contribution in [3.63, 3.8) is 0 Å². The highest BCUT2D eigenvalue weighted by Crippen LogP contribution is 2.02. The van der Waals surface area contributed by atoms with E-state index in [1.807, 2.05) is 0 Å². The molecule has 0 aliphatic heterocycles. The highest BCUT2D eigenvalue weighted by atomic mass is 32.1. The minimum atomic E-state index is -0.0308. The van der Waals surface area contributed by atoms with Crippen LogP contribution in [0.4, 0.5) is 0 Å². The fraction of sp³-hybridized carbons (Fsp3) is 0.286. The molecule has 4 heteroatoms. The average molecular weight is 166 g/mol. The molecule has 0 atom stereocenters. The van der Waals surface area contributed by atoms with E-state index < -0.39 is 0 Å². The molecule has 0 amide bonds. The summed E-state index contributed by atoms with van der Waals surface area (Å²) in [6, 6.07) is 0. The number of carbonyl (C=O) groups is 1. The molecule has 0 aromatic carbocycles. The highest BCUT2D eigenvalue weighted by molar-refractivity contribution is 7.03. The van der Waals surface area contributed by atoms with Gasteiger partial charge in [-0.3, -0.25) is 4.79 Å². The van der Waals surface area contributed by atoms with Gasteiger partial charge in [-0.25, -0.2) is 0 Å². The molecule has 11 heavy (non-hydrogen) atoms. The molecule has 0 saturated carbocycles. The summed E-state index contributed by atoms with van der Waals surface area (Å²) < 4.78 is 3.57. The van der Waals surface area contributed by atoms with Crippen molar-refractivity contribution < 1.29 is 4.79 Å². The molecule has 0 unspecified atom stereocenters. The van der Waals surface area contributed by atoms with E-state index in [4.69, 9.17) is 6.42 Å². The number of Topliss-reactive ketones (excluding diaryl/α,β-unsaturated/α-hetero) is 1. The van der Waals surface area contributed by atoms with Gasteiger partial charge in [-0.05, 0) is 11.5 Å². The van der Waals surface area contributed by atoms with Crippen LogP contribution in [0, 0.1) is 12.3 Å². The summed E-state index contributed by atoms with van der Waals surface area (Å²) in [4.78, 5) is 11.1. The van der Waals surface area contributed by atoms with Crippen molar-refractivity contribution in [1.29, 1.82) is 0 Å². The number of ketones is 1. The smallest absolute Gasteiger partial charge is 0.184 e. The molecule has 0 spiro atoms. The van der Waals surface area contributed by atoms with Gasteiger partial charge in [0.15, 0.2) is 5.78 Å². The third kappa shape index (κ3) is 2.13. The first-order chi connectivity index (χ1) is 5.34. The minimum Gasteiger partial charge on any atom is -0.292 e. The molecule has 3 nitrogen and oxygen atoms in total. The molecule has 1 rings (SSSR count). The third-order valence-electron chi connectivity index (χ3n) is 1.14. The van der Waals surface area contributed by atoms with Gasteiger partial charge in [-0.15, -0.1) is 17.4 Å². The average Bonchev–Trinajstić information content (AvgIpc) is 2.52. The maximum Gasteiger partial charge on any atom is 0.184 e. The van der Waals surface area contributed by atoms with Crippen LogP contribution < -0.4 is 0 Å². The zero-order valence-electron chi connectivity index (χ0n) is 5.78. The van der Waals surface area contributed by atoms with E-state index in [9.17, 15) is 4.79 Å². The van der Waals surface area contributed by atoms with Gasteiger partial charge in [-0.1, -0.05) is 4.49 Å². The summed E-state index contributed by atoms with van der Waals surface area (Å²) >= 11 is 1.17. The largest absolute Gasteiger partial charge is 0.292 e. The summed E-state index contributed by atoms with van der Waals surface area (Å²) in [5, 5.41) is 5.24. The van der Waals surface area contributed by atoms with Gasteiger partial charge in [0.05, 0.1) is 0 Å². The summed E-state index contributed by atoms with van der Waals surface area (Å²) in [5.74, 6) is 2.36. The van der Waals surface area contributed by atoms with Crippen LogP contribution in [-0.2, 0) is 0 Å². The Balaban J connectivity index is 2.51. The van der Waals surface area contributed by atoms with Gasteiger partial charge >= 0.3 is 0 Å². The van der Waals surface area contributed by atoms with Gasteiger partial charge in [0, 0.05) is 18.2 Å². The Labute approximate surface area is 68.6 Å². The lowest BCUT2D eigenvalue weighted by Gasteiger charge is -1.88. The van der Waals surface area contributed by atoms with Gasteiger partial charge < -0.3 is 0 Å². The first-order valence-corrected chi connectivity index (χ1v) is 3.92. The number of nitrogens with zero attached hydrogens (tertiary/aromatic N) is 2. The quantitative estimate of drug-likeness (QED) is 0.499. The predicted molar refractivity (Wildman–Crippen MR) is 42.3 cm³/mol. The van der Waals surface area contributed by atoms with E-state index in [1.165, 1.54) is 11.5 Å². The Morgan fingerprint density at radius 2 is 2.64 bits per heavy atom. The van der Waals surface area contributed by atoms with Crippen LogP contribution >= 0.6 is 11.5 Å². The van der Waals surface area contributed by atoms with Crippen molar-refractivity contribution in [3.05, 3.63) is 11.1 Å². The second kappa shape index (κ2) is 3.84. The molecular weight excluding hydrogens is 160 g/mol. The maximum atomic E-state index is 11.1. The van der Waals surface area contributed by atoms with Crippen LogP contribution in [-0.4, -0.2) is 15.4 Å². The van der Waals surface area contributed by atoms with Gasteiger partial charge in [0.1, 0.15) is 5.69 Å². The Morgan fingerprint density at radius 1 is 1.82 bits per heavy atom. The number of carbonyl (C=O) groups excluding carboxylic acids is 1.